The van der Waals surface area contributed by atoms with E-state index in [4.69, 9.17) is 4.42 Å². The number of pyridine rings is 1. The molecule has 1 saturated heterocycles. The van der Waals surface area contributed by atoms with Gasteiger partial charge in [-0.15, -0.1) is 0 Å². The van der Waals surface area contributed by atoms with Crippen LogP contribution in [0.2, 0.25) is 0 Å². The fourth-order valence-corrected chi connectivity index (χ4v) is 3.27. The van der Waals surface area contributed by atoms with Gasteiger partial charge in [0.15, 0.2) is 5.76 Å². The Hall–Kier alpha value is -2.99. The summed E-state index contributed by atoms with van der Waals surface area (Å²) in [6, 6.07) is 13.6. The molecule has 0 radical (unpaired) electrons. The van der Waals surface area contributed by atoms with Crippen LogP contribution in [0.5, 0.6) is 0 Å². The van der Waals surface area contributed by atoms with Crippen molar-refractivity contribution in [3.63, 3.8) is 0 Å². The van der Waals surface area contributed by atoms with Crippen molar-refractivity contribution in [2.24, 2.45) is 0 Å². The number of hydrogen-bond acceptors (Lipinski definition) is 4. The van der Waals surface area contributed by atoms with E-state index in [0.29, 0.717) is 24.4 Å². The summed E-state index contributed by atoms with van der Waals surface area (Å²) in [7, 11) is 0. The van der Waals surface area contributed by atoms with E-state index in [1.807, 2.05) is 12.3 Å². The normalized spacial score (nSPS) is 15.1. The predicted molar refractivity (Wildman–Crippen MR) is 99.5 cm³/mol. The van der Waals surface area contributed by atoms with Crippen LogP contribution in [0.3, 0.4) is 0 Å². The van der Waals surface area contributed by atoms with E-state index in [0.717, 1.165) is 25.2 Å². The van der Waals surface area contributed by atoms with Gasteiger partial charge >= 0.3 is 0 Å². The summed E-state index contributed by atoms with van der Waals surface area (Å²) in [5, 5.41) is 0. The number of amides is 1. The monoisotopic (exact) mass is 365 g/mol. The fraction of sp³-hybridized carbons (Fsp3) is 0.238. The van der Waals surface area contributed by atoms with Crippen molar-refractivity contribution < 1.29 is 13.6 Å². The summed E-state index contributed by atoms with van der Waals surface area (Å²) in [5.74, 6) is 0.0918. The first kappa shape index (κ1) is 17.4. The lowest BCUT2D eigenvalue weighted by Gasteiger charge is -2.34. The van der Waals surface area contributed by atoms with Crippen LogP contribution in [-0.4, -0.2) is 46.9 Å². The molecule has 3 aromatic rings. The van der Waals surface area contributed by atoms with E-state index in [9.17, 15) is 9.18 Å². The van der Waals surface area contributed by atoms with Crippen molar-refractivity contribution in [3.05, 3.63) is 78.1 Å². The lowest BCUT2D eigenvalue weighted by atomic mass is 10.1. The largest absolute Gasteiger partial charge is 0.451 e. The van der Waals surface area contributed by atoms with Crippen LogP contribution in [-0.2, 0) is 6.54 Å². The lowest BCUT2D eigenvalue weighted by molar-refractivity contribution is 0.0598. The second-order valence-electron chi connectivity index (χ2n) is 6.57. The van der Waals surface area contributed by atoms with Crippen molar-refractivity contribution in [2.75, 3.05) is 26.2 Å². The molecular formula is C21H20FN3O2. The van der Waals surface area contributed by atoms with Gasteiger partial charge in [-0.3, -0.25) is 14.7 Å². The SMILES string of the molecule is O=C(c1ccc(-c2ccccc2F)o1)N1CCN(Cc2cccnc2)CC1. The van der Waals surface area contributed by atoms with Crippen LogP contribution >= 0.6 is 0 Å². The number of aromatic nitrogens is 1. The van der Waals surface area contributed by atoms with Gasteiger partial charge in [-0.1, -0.05) is 18.2 Å². The van der Waals surface area contributed by atoms with E-state index >= 15 is 0 Å². The first-order valence-electron chi connectivity index (χ1n) is 8.96. The Balaban J connectivity index is 1.38. The number of piperazine rings is 1. The van der Waals surface area contributed by atoms with Crippen molar-refractivity contribution in [1.82, 2.24) is 14.8 Å². The van der Waals surface area contributed by atoms with E-state index in [2.05, 4.69) is 16.0 Å². The van der Waals surface area contributed by atoms with Crippen molar-refractivity contribution in [1.29, 1.82) is 0 Å². The molecular weight excluding hydrogens is 345 g/mol. The number of furan rings is 1. The average Bonchev–Trinajstić information content (AvgIpc) is 3.19. The third-order valence-corrected chi connectivity index (χ3v) is 4.74. The van der Waals surface area contributed by atoms with Crippen LogP contribution in [0.1, 0.15) is 16.1 Å². The molecule has 0 unspecified atom stereocenters. The highest BCUT2D eigenvalue weighted by Gasteiger charge is 2.24. The van der Waals surface area contributed by atoms with Crippen LogP contribution in [0.15, 0.2) is 65.3 Å². The molecule has 0 bridgehead atoms. The van der Waals surface area contributed by atoms with Gasteiger partial charge in [0.25, 0.3) is 5.91 Å². The van der Waals surface area contributed by atoms with Crippen LogP contribution in [0.25, 0.3) is 11.3 Å². The minimum absolute atomic E-state index is 0.154. The second kappa shape index (κ2) is 7.72. The van der Waals surface area contributed by atoms with Crippen LogP contribution in [0, 0.1) is 5.82 Å². The zero-order valence-corrected chi connectivity index (χ0v) is 14.8. The highest BCUT2D eigenvalue weighted by atomic mass is 19.1. The number of hydrogen-bond donors (Lipinski definition) is 0. The van der Waals surface area contributed by atoms with Gasteiger partial charge in [-0.25, -0.2) is 4.39 Å². The molecule has 138 valence electrons. The van der Waals surface area contributed by atoms with Gasteiger partial charge in [0.1, 0.15) is 11.6 Å². The van der Waals surface area contributed by atoms with Crippen molar-refractivity contribution >= 4 is 5.91 Å². The molecule has 1 amide bonds. The molecule has 3 heterocycles. The number of rotatable bonds is 4. The molecule has 1 aliphatic heterocycles. The van der Waals surface area contributed by atoms with Gasteiger partial charge in [0.05, 0.1) is 5.56 Å². The van der Waals surface area contributed by atoms with Crippen molar-refractivity contribution in [2.45, 2.75) is 6.54 Å². The molecule has 5 nitrogen and oxygen atoms in total. The van der Waals surface area contributed by atoms with E-state index in [-0.39, 0.29) is 17.5 Å². The van der Waals surface area contributed by atoms with Crippen molar-refractivity contribution in [3.8, 4) is 11.3 Å². The summed E-state index contributed by atoms with van der Waals surface area (Å²) in [6.07, 6.45) is 3.63. The van der Waals surface area contributed by atoms with Gasteiger partial charge in [0.2, 0.25) is 0 Å². The molecule has 6 heteroatoms. The second-order valence-corrected chi connectivity index (χ2v) is 6.57. The topological polar surface area (TPSA) is 49.6 Å². The Morgan fingerprint density at radius 2 is 1.85 bits per heavy atom. The molecule has 0 atom stereocenters. The first-order chi connectivity index (χ1) is 13.2. The number of carbonyl (C=O) groups is 1. The predicted octanol–water partition coefficient (Wildman–Crippen LogP) is 3.44. The fourth-order valence-electron chi connectivity index (χ4n) is 3.27. The maximum absolute atomic E-state index is 13.9. The van der Waals surface area contributed by atoms with Gasteiger partial charge in [-0.05, 0) is 35.9 Å². The zero-order valence-electron chi connectivity index (χ0n) is 14.8. The molecule has 2 aromatic heterocycles. The molecule has 0 saturated carbocycles. The number of nitrogens with zero attached hydrogens (tertiary/aromatic N) is 3. The minimum Gasteiger partial charge on any atom is -0.451 e. The third kappa shape index (κ3) is 3.90. The quantitative estimate of drug-likeness (QED) is 0.711. The summed E-state index contributed by atoms with van der Waals surface area (Å²) in [5.41, 5.74) is 1.52. The van der Waals surface area contributed by atoms with Crippen LogP contribution < -0.4 is 0 Å². The Morgan fingerprint density at radius 3 is 2.59 bits per heavy atom. The smallest absolute Gasteiger partial charge is 0.289 e. The zero-order chi connectivity index (χ0) is 18.6. The molecule has 1 aliphatic rings. The highest BCUT2D eigenvalue weighted by molar-refractivity contribution is 5.92. The van der Waals surface area contributed by atoms with Gasteiger partial charge in [-0.2, -0.15) is 0 Å². The number of benzene rings is 1. The molecule has 0 aliphatic carbocycles. The first-order valence-corrected chi connectivity index (χ1v) is 8.96. The Bertz CT molecular complexity index is 918. The number of halogens is 1. The highest BCUT2D eigenvalue weighted by Crippen LogP contribution is 2.25. The Kier molecular flexibility index (Phi) is 4.98. The molecule has 1 aromatic carbocycles. The maximum atomic E-state index is 13.9. The Morgan fingerprint density at radius 1 is 1.04 bits per heavy atom. The standard InChI is InChI=1S/C21H20FN3O2/c22-18-6-2-1-5-17(18)19-7-8-20(27-19)21(26)25-12-10-24(11-13-25)15-16-4-3-9-23-14-16/h1-9,14H,10-13,15H2. The molecule has 0 N–H and O–H groups in total. The summed E-state index contributed by atoms with van der Waals surface area (Å²) >= 11 is 0. The summed E-state index contributed by atoms with van der Waals surface area (Å²) < 4.78 is 19.5. The summed E-state index contributed by atoms with van der Waals surface area (Å²) in [6.45, 7) is 3.68. The van der Waals surface area contributed by atoms with Gasteiger partial charge in [0, 0.05) is 45.1 Å². The number of carbonyl (C=O) groups excluding carboxylic acids is 1. The van der Waals surface area contributed by atoms with E-state index in [1.165, 1.54) is 6.07 Å². The lowest BCUT2D eigenvalue weighted by Crippen LogP contribution is -2.48. The molecule has 0 spiro atoms. The Labute approximate surface area is 157 Å². The summed E-state index contributed by atoms with van der Waals surface area (Å²) in [4.78, 5) is 20.9. The van der Waals surface area contributed by atoms with Crippen LogP contribution in [0.4, 0.5) is 4.39 Å². The van der Waals surface area contributed by atoms with E-state index < -0.39 is 0 Å². The van der Waals surface area contributed by atoms with Gasteiger partial charge < -0.3 is 9.32 Å². The molecule has 1 fully saturated rings. The third-order valence-electron chi connectivity index (χ3n) is 4.74. The molecule has 4 rings (SSSR count). The average molecular weight is 365 g/mol. The van der Waals surface area contributed by atoms with E-state index in [1.54, 1.807) is 41.4 Å². The molecule has 27 heavy (non-hydrogen) atoms. The minimum atomic E-state index is -0.366. The maximum Gasteiger partial charge on any atom is 0.289 e.